The van der Waals surface area contributed by atoms with Gasteiger partial charge in [-0.1, -0.05) is 6.07 Å². The fourth-order valence-electron chi connectivity index (χ4n) is 4.50. The highest BCUT2D eigenvalue weighted by Crippen LogP contribution is 2.38. The number of fused-ring (bicyclic) bond motifs is 2. The minimum absolute atomic E-state index is 0.00809. The molecule has 2 N–H and O–H groups in total. The molecule has 0 bridgehead atoms. The van der Waals surface area contributed by atoms with Gasteiger partial charge in [0, 0.05) is 25.2 Å². The van der Waals surface area contributed by atoms with Crippen molar-refractivity contribution in [2.24, 2.45) is 0 Å². The molecular formula is C21H31N3O4S. The van der Waals surface area contributed by atoms with Crippen molar-refractivity contribution in [3.8, 4) is 0 Å². The van der Waals surface area contributed by atoms with Crippen molar-refractivity contribution in [2.45, 2.75) is 71.8 Å². The largest absolute Gasteiger partial charge is 0.340 e. The molecule has 3 amide bonds. The summed E-state index contributed by atoms with van der Waals surface area (Å²) in [4.78, 5) is 25.7. The second kappa shape index (κ2) is 8.73. The van der Waals surface area contributed by atoms with Gasteiger partial charge in [0.05, 0.1) is 5.75 Å². The zero-order valence-electron chi connectivity index (χ0n) is 17.5. The molecule has 0 aromatic heterocycles. The lowest BCUT2D eigenvalue weighted by molar-refractivity contribution is -0.130. The van der Waals surface area contributed by atoms with E-state index < -0.39 is 16.1 Å². The molecule has 0 heterocycles. The maximum atomic E-state index is 12.5. The SMILES string of the molecule is CC(=O)N(CCCS(=O)(=O)NC(=O)Nc1c2c(cc3c1CCC3)CCC2)C(C)C. The van der Waals surface area contributed by atoms with Gasteiger partial charge in [0.1, 0.15) is 0 Å². The summed E-state index contributed by atoms with van der Waals surface area (Å²) in [7, 11) is -3.78. The van der Waals surface area contributed by atoms with E-state index in [2.05, 4.69) is 16.1 Å². The number of nitrogens with zero attached hydrogens (tertiary/aromatic N) is 1. The molecule has 29 heavy (non-hydrogen) atoms. The fourth-order valence-corrected chi connectivity index (χ4v) is 5.45. The molecule has 1 aromatic rings. The van der Waals surface area contributed by atoms with Gasteiger partial charge in [-0.2, -0.15) is 0 Å². The van der Waals surface area contributed by atoms with Gasteiger partial charge in [-0.15, -0.1) is 0 Å². The number of amides is 3. The van der Waals surface area contributed by atoms with Crippen LogP contribution in [0.25, 0.3) is 0 Å². The summed E-state index contributed by atoms with van der Waals surface area (Å²) in [5.74, 6) is -0.294. The summed E-state index contributed by atoms with van der Waals surface area (Å²) in [6.07, 6.45) is 6.27. The Labute approximate surface area is 173 Å². The van der Waals surface area contributed by atoms with E-state index in [1.807, 2.05) is 13.8 Å². The third kappa shape index (κ3) is 5.10. The van der Waals surface area contributed by atoms with Gasteiger partial charge >= 0.3 is 6.03 Å². The van der Waals surface area contributed by atoms with E-state index in [1.54, 1.807) is 4.90 Å². The second-order valence-electron chi connectivity index (χ2n) is 8.27. The molecule has 8 heteroatoms. The zero-order chi connectivity index (χ0) is 21.2. The molecule has 0 unspecified atom stereocenters. The van der Waals surface area contributed by atoms with Crippen molar-refractivity contribution in [3.05, 3.63) is 28.3 Å². The van der Waals surface area contributed by atoms with E-state index in [4.69, 9.17) is 0 Å². The van der Waals surface area contributed by atoms with Gasteiger partial charge in [0.15, 0.2) is 0 Å². The topological polar surface area (TPSA) is 95.6 Å². The minimum atomic E-state index is -3.78. The molecule has 1 aromatic carbocycles. The third-order valence-electron chi connectivity index (χ3n) is 5.80. The first-order valence-corrected chi connectivity index (χ1v) is 12.1. The number of carbonyl (C=O) groups is 2. The van der Waals surface area contributed by atoms with E-state index in [9.17, 15) is 18.0 Å². The van der Waals surface area contributed by atoms with Gasteiger partial charge in [0.25, 0.3) is 0 Å². The Morgan fingerprint density at radius 3 is 2.17 bits per heavy atom. The van der Waals surface area contributed by atoms with Crippen LogP contribution < -0.4 is 10.0 Å². The van der Waals surface area contributed by atoms with E-state index in [1.165, 1.54) is 18.1 Å². The van der Waals surface area contributed by atoms with Gasteiger partial charge in [0.2, 0.25) is 15.9 Å². The van der Waals surface area contributed by atoms with Gasteiger partial charge in [-0.3, -0.25) is 4.79 Å². The van der Waals surface area contributed by atoms with E-state index in [-0.39, 0.29) is 24.1 Å². The summed E-state index contributed by atoms with van der Waals surface area (Å²) < 4.78 is 26.8. The fraction of sp³-hybridized carbons (Fsp3) is 0.619. The molecule has 0 spiro atoms. The molecular weight excluding hydrogens is 390 g/mol. The molecule has 0 atom stereocenters. The molecule has 0 saturated carbocycles. The number of hydrogen-bond acceptors (Lipinski definition) is 4. The van der Waals surface area contributed by atoms with Crippen molar-refractivity contribution < 1.29 is 18.0 Å². The number of urea groups is 1. The lowest BCUT2D eigenvalue weighted by Crippen LogP contribution is -2.39. The monoisotopic (exact) mass is 421 g/mol. The Morgan fingerprint density at radius 2 is 1.66 bits per heavy atom. The normalized spacial score (nSPS) is 15.2. The zero-order valence-corrected chi connectivity index (χ0v) is 18.3. The summed E-state index contributed by atoms with van der Waals surface area (Å²) in [5, 5.41) is 2.84. The van der Waals surface area contributed by atoms with Crippen LogP contribution in [0.3, 0.4) is 0 Å². The van der Waals surface area contributed by atoms with Crippen molar-refractivity contribution in [3.63, 3.8) is 0 Å². The van der Waals surface area contributed by atoms with Crippen LogP contribution in [-0.2, 0) is 40.5 Å². The Hall–Kier alpha value is -2.09. The number of hydrogen-bond donors (Lipinski definition) is 2. The first-order chi connectivity index (χ1) is 13.7. The maximum Gasteiger partial charge on any atom is 0.332 e. The van der Waals surface area contributed by atoms with Gasteiger partial charge < -0.3 is 10.2 Å². The predicted octanol–water partition coefficient (Wildman–Crippen LogP) is 2.76. The van der Waals surface area contributed by atoms with Crippen LogP contribution in [0.4, 0.5) is 10.5 Å². The van der Waals surface area contributed by atoms with Crippen molar-refractivity contribution in [1.82, 2.24) is 9.62 Å². The van der Waals surface area contributed by atoms with E-state index >= 15 is 0 Å². The molecule has 3 rings (SSSR count). The summed E-state index contributed by atoms with van der Waals surface area (Å²) in [6.45, 7) is 5.59. The molecule has 0 saturated heterocycles. The Bertz CT molecular complexity index is 877. The highest BCUT2D eigenvalue weighted by atomic mass is 32.2. The standard InChI is InChI=1S/C21H31N3O4S/c1-14(2)24(15(3)25)11-6-12-29(27,28)23-21(26)22-20-18-9-4-7-16(18)13-17-8-5-10-19(17)20/h13-14H,4-12H2,1-3H3,(H2,22,23,26). The van der Waals surface area contributed by atoms with Crippen LogP contribution in [0.1, 0.15) is 62.3 Å². The van der Waals surface area contributed by atoms with Gasteiger partial charge in [-0.25, -0.2) is 17.9 Å². The maximum absolute atomic E-state index is 12.5. The first-order valence-electron chi connectivity index (χ1n) is 10.4. The average molecular weight is 422 g/mol. The lowest BCUT2D eigenvalue weighted by Gasteiger charge is -2.25. The van der Waals surface area contributed by atoms with E-state index in [0.29, 0.717) is 6.54 Å². The third-order valence-corrected chi connectivity index (χ3v) is 7.12. The number of anilines is 1. The molecule has 2 aliphatic carbocycles. The number of rotatable bonds is 7. The molecule has 0 aliphatic heterocycles. The molecule has 0 fully saturated rings. The van der Waals surface area contributed by atoms with Gasteiger partial charge in [-0.05, 0) is 81.0 Å². The second-order valence-corrected chi connectivity index (χ2v) is 10.1. The van der Waals surface area contributed by atoms with E-state index in [0.717, 1.165) is 55.3 Å². The van der Waals surface area contributed by atoms with Crippen molar-refractivity contribution in [1.29, 1.82) is 0 Å². The van der Waals surface area contributed by atoms with Crippen LogP contribution in [0.5, 0.6) is 0 Å². The van der Waals surface area contributed by atoms with Crippen LogP contribution in [0.2, 0.25) is 0 Å². The number of carbonyl (C=O) groups excluding carboxylic acids is 2. The first kappa shape index (κ1) is 21.6. The number of nitrogens with one attached hydrogen (secondary N) is 2. The van der Waals surface area contributed by atoms with Crippen LogP contribution >= 0.6 is 0 Å². The summed E-state index contributed by atoms with van der Waals surface area (Å²) >= 11 is 0. The average Bonchev–Trinajstić information content (AvgIpc) is 3.26. The van der Waals surface area contributed by atoms with Crippen LogP contribution in [0, 0.1) is 0 Å². The Balaban J connectivity index is 1.62. The molecule has 0 radical (unpaired) electrons. The van der Waals surface area contributed by atoms with Crippen LogP contribution in [-0.4, -0.2) is 43.6 Å². The number of benzene rings is 1. The molecule has 7 nitrogen and oxygen atoms in total. The number of sulfonamides is 1. The highest BCUT2D eigenvalue weighted by Gasteiger charge is 2.26. The Morgan fingerprint density at radius 1 is 1.07 bits per heavy atom. The highest BCUT2D eigenvalue weighted by molar-refractivity contribution is 7.90. The minimum Gasteiger partial charge on any atom is -0.340 e. The van der Waals surface area contributed by atoms with Crippen LogP contribution in [0.15, 0.2) is 6.07 Å². The molecule has 2 aliphatic rings. The smallest absolute Gasteiger partial charge is 0.332 e. The predicted molar refractivity (Wildman–Crippen MR) is 114 cm³/mol. The van der Waals surface area contributed by atoms with Crippen molar-refractivity contribution in [2.75, 3.05) is 17.6 Å². The van der Waals surface area contributed by atoms with Crippen molar-refractivity contribution >= 4 is 27.6 Å². The summed E-state index contributed by atoms with van der Waals surface area (Å²) in [6, 6.07) is 1.57. The lowest BCUT2D eigenvalue weighted by atomic mass is 9.99. The number of aryl methyl sites for hydroxylation is 2. The Kier molecular flexibility index (Phi) is 6.51. The molecule has 160 valence electrons. The summed E-state index contributed by atoms with van der Waals surface area (Å²) in [5.41, 5.74) is 5.70. The quantitative estimate of drug-likeness (QED) is 0.708.